The molecule has 3 atom stereocenters. The third-order valence-corrected chi connectivity index (χ3v) is 7.96. The van der Waals surface area contributed by atoms with Crippen molar-refractivity contribution in [2.24, 2.45) is 15.9 Å². The van der Waals surface area contributed by atoms with Crippen molar-refractivity contribution >= 4 is 58.9 Å². The van der Waals surface area contributed by atoms with Crippen LogP contribution < -0.4 is 10.6 Å². The second kappa shape index (κ2) is 14.3. The third kappa shape index (κ3) is 9.79. The lowest BCUT2D eigenvalue weighted by Crippen LogP contribution is -2.38. The van der Waals surface area contributed by atoms with Gasteiger partial charge in [-0.1, -0.05) is 12.2 Å². The van der Waals surface area contributed by atoms with Gasteiger partial charge < -0.3 is 20.1 Å². The van der Waals surface area contributed by atoms with Crippen LogP contribution in [0.3, 0.4) is 0 Å². The van der Waals surface area contributed by atoms with E-state index in [1.807, 2.05) is 12.2 Å². The van der Waals surface area contributed by atoms with Gasteiger partial charge in [0.25, 0.3) is 0 Å². The molecule has 0 saturated heterocycles. The fourth-order valence-electron chi connectivity index (χ4n) is 4.27. The minimum atomic E-state index is -0.983. The summed E-state index contributed by atoms with van der Waals surface area (Å²) >= 11 is 5.68. The molecule has 0 aromatic carbocycles. The number of hydrogen-bond donors (Lipinski definition) is 3. The van der Waals surface area contributed by atoms with Crippen molar-refractivity contribution in [2.75, 3.05) is 24.6 Å². The van der Waals surface area contributed by atoms with E-state index in [9.17, 15) is 19.2 Å². The van der Waals surface area contributed by atoms with Crippen molar-refractivity contribution in [3.8, 4) is 0 Å². The van der Waals surface area contributed by atoms with Crippen LogP contribution in [0.1, 0.15) is 66.2 Å². The molecule has 0 radical (unpaired) electrons. The van der Waals surface area contributed by atoms with Crippen molar-refractivity contribution in [1.82, 2.24) is 10.6 Å². The zero-order chi connectivity index (χ0) is 29.3. The van der Waals surface area contributed by atoms with E-state index in [0.29, 0.717) is 42.2 Å². The predicted molar refractivity (Wildman–Crippen MR) is 160 cm³/mol. The molecule has 0 aliphatic carbocycles. The van der Waals surface area contributed by atoms with Crippen molar-refractivity contribution in [3.63, 3.8) is 0 Å². The summed E-state index contributed by atoms with van der Waals surface area (Å²) in [5, 5.41) is 6.25. The fourth-order valence-corrected chi connectivity index (χ4v) is 5.60. The molecule has 0 spiro atoms. The molecule has 0 unspecified atom stereocenters. The Morgan fingerprint density at radius 2 is 2.10 bits per heavy atom. The first-order chi connectivity index (χ1) is 18.9. The summed E-state index contributed by atoms with van der Waals surface area (Å²) in [6.45, 7) is 7.66. The van der Waals surface area contributed by atoms with Crippen molar-refractivity contribution in [2.45, 2.75) is 83.5 Å². The summed E-state index contributed by atoms with van der Waals surface area (Å²) < 4.78 is 11.1. The van der Waals surface area contributed by atoms with Gasteiger partial charge in [0.05, 0.1) is 24.6 Å². The van der Waals surface area contributed by atoms with Gasteiger partial charge in [-0.25, -0.2) is 4.79 Å². The highest BCUT2D eigenvalue weighted by molar-refractivity contribution is 8.14. The van der Waals surface area contributed by atoms with Crippen LogP contribution in [0.4, 0.5) is 4.79 Å². The molecule has 3 aliphatic heterocycles. The summed E-state index contributed by atoms with van der Waals surface area (Å²) in [5.74, 6) is -0.688. The second-order valence-electron chi connectivity index (χ2n) is 11.2. The number of cyclic esters (lactones) is 1. The number of nitrogens with one attached hydrogen (secondary N) is 2. The fraction of sp³-hybridized carbons (Fsp3) is 0.643. The molecule has 10 nitrogen and oxygen atoms in total. The maximum Gasteiger partial charge on any atom is 0.407 e. The number of amides is 2. The number of thiol groups is 1. The van der Waals surface area contributed by atoms with Crippen LogP contribution in [0.2, 0.25) is 0 Å². The van der Waals surface area contributed by atoms with Crippen molar-refractivity contribution in [1.29, 1.82) is 0 Å². The van der Waals surface area contributed by atoms with Crippen LogP contribution >= 0.6 is 24.4 Å². The number of ether oxygens (including phenoxy) is 2. The number of Topliss-reactive ketones (excluding diaryl/α,β-unsaturated/α-hetero) is 1. The van der Waals surface area contributed by atoms with E-state index in [-0.39, 0.29) is 37.6 Å². The lowest BCUT2D eigenvalue weighted by Gasteiger charge is -2.24. The zero-order valence-corrected chi connectivity index (χ0v) is 25.4. The summed E-state index contributed by atoms with van der Waals surface area (Å²) in [5.41, 5.74) is -0.0861. The van der Waals surface area contributed by atoms with Crippen LogP contribution in [0, 0.1) is 5.92 Å². The standard InChI is InChI=1S/C28H40N4O6S2/c1-27(2,3)38-26(36)29-12-7-8-18-14-22(33)28(4)17-40-24(32-28)21-11-10-19(31-21)16-30-23(34)15-20(37-25(18)35)9-5-6-13-39/h5,9,11,18,20,39H,6-8,10,12-17H2,1-4H3,(H,29,36)(H,30,34)/b9-5+/t18-,20-,28+/m1/s1. The predicted octanol–water partition coefficient (Wildman–Crippen LogP) is 3.81. The van der Waals surface area contributed by atoms with Crippen molar-refractivity contribution in [3.05, 3.63) is 23.9 Å². The summed E-state index contributed by atoms with van der Waals surface area (Å²) in [6.07, 6.45) is 6.00. The Morgan fingerprint density at radius 1 is 1.32 bits per heavy atom. The third-order valence-electron chi connectivity index (χ3n) is 6.42. The number of esters is 1. The van der Waals surface area contributed by atoms with Crippen LogP contribution in [0.25, 0.3) is 0 Å². The largest absolute Gasteiger partial charge is 0.457 e. The van der Waals surface area contributed by atoms with E-state index in [2.05, 4.69) is 28.3 Å². The number of allylic oxidation sites excluding steroid dienone is 2. The molecule has 0 saturated carbocycles. The quantitative estimate of drug-likeness (QED) is 0.177. The molecule has 2 amide bonds. The highest BCUT2D eigenvalue weighted by Gasteiger charge is 2.41. The van der Waals surface area contributed by atoms with Crippen LogP contribution in [-0.4, -0.2) is 76.3 Å². The number of aliphatic imine (C=N–C) groups is 2. The maximum atomic E-state index is 13.5. The lowest BCUT2D eigenvalue weighted by atomic mass is 9.88. The van der Waals surface area contributed by atoms with E-state index in [0.717, 1.165) is 11.4 Å². The number of fused-ring (bicyclic) bond motifs is 3. The van der Waals surface area contributed by atoms with Gasteiger partial charge >= 0.3 is 12.1 Å². The number of thioether (sulfide) groups is 1. The maximum absolute atomic E-state index is 13.5. The molecule has 3 rings (SSSR count). The van der Waals surface area contributed by atoms with Crippen LogP contribution in [0.15, 0.2) is 33.9 Å². The minimum absolute atomic E-state index is 0.0521. The smallest absolute Gasteiger partial charge is 0.407 e. The number of rotatable bonds is 7. The Labute approximate surface area is 245 Å². The number of ketones is 1. The molecule has 3 heterocycles. The molecule has 220 valence electrons. The van der Waals surface area contributed by atoms with Gasteiger partial charge in [0.15, 0.2) is 5.78 Å². The number of hydrogen-bond acceptors (Lipinski definition) is 10. The molecule has 0 aromatic rings. The van der Waals surface area contributed by atoms with Gasteiger partial charge in [0.2, 0.25) is 5.91 Å². The molecular weight excluding hydrogens is 552 g/mol. The zero-order valence-electron chi connectivity index (χ0n) is 23.7. The van der Waals surface area contributed by atoms with Crippen LogP contribution in [0.5, 0.6) is 0 Å². The van der Waals surface area contributed by atoms with Gasteiger partial charge in [-0.3, -0.25) is 24.4 Å². The van der Waals surface area contributed by atoms with E-state index in [1.54, 1.807) is 33.8 Å². The van der Waals surface area contributed by atoms with Gasteiger partial charge in [-0.15, -0.1) is 11.8 Å². The Hall–Kier alpha value is -2.60. The van der Waals surface area contributed by atoms with Gasteiger partial charge in [-0.05, 0) is 58.8 Å². The number of nitrogens with zero attached hydrogens (tertiary/aromatic N) is 2. The average Bonchev–Trinajstić information content (AvgIpc) is 3.50. The Bertz CT molecular complexity index is 1110. The number of carbonyl (C=O) groups excluding carboxylic acids is 4. The number of alkyl carbamates (subject to hydrolysis) is 1. The van der Waals surface area contributed by atoms with Crippen molar-refractivity contribution < 1.29 is 28.7 Å². The first-order valence-corrected chi connectivity index (χ1v) is 15.2. The Morgan fingerprint density at radius 3 is 2.83 bits per heavy atom. The first-order valence-electron chi connectivity index (χ1n) is 13.6. The summed E-state index contributed by atoms with van der Waals surface area (Å²) in [7, 11) is 0. The molecule has 4 bridgehead atoms. The SMILES string of the molecule is CC(C)(C)OC(=O)NCCC[C@@H]1CC(=O)[C@]2(C)CSC(=N2)C2=CCC(=N2)CNC(=O)C[C@@H](/C=C/CCS)OC1=O. The number of carbonyl (C=O) groups is 4. The van der Waals surface area contributed by atoms with E-state index in [1.165, 1.54) is 11.8 Å². The molecule has 2 N–H and O–H groups in total. The molecule has 0 fully saturated rings. The van der Waals surface area contributed by atoms with E-state index in [4.69, 9.17) is 14.5 Å². The molecule has 40 heavy (non-hydrogen) atoms. The summed E-state index contributed by atoms with van der Waals surface area (Å²) in [6, 6.07) is 0. The Balaban J connectivity index is 1.79. The van der Waals surface area contributed by atoms with Gasteiger partial charge in [0, 0.05) is 30.9 Å². The molecular formula is C28H40N4O6S2. The Kier molecular flexibility index (Phi) is 11.4. The normalized spacial score (nSPS) is 26.1. The van der Waals surface area contributed by atoms with Crippen LogP contribution in [-0.2, 0) is 23.9 Å². The monoisotopic (exact) mass is 592 g/mol. The van der Waals surface area contributed by atoms with Gasteiger partial charge in [0.1, 0.15) is 22.3 Å². The minimum Gasteiger partial charge on any atom is -0.457 e. The topological polar surface area (TPSA) is 136 Å². The van der Waals surface area contributed by atoms with E-state index < -0.39 is 35.2 Å². The summed E-state index contributed by atoms with van der Waals surface area (Å²) in [4.78, 5) is 61.0. The average molecular weight is 593 g/mol. The highest BCUT2D eigenvalue weighted by Crippen LogP contribution is 2.35. The van der Waals surface area contributed by atoms with E-state index >= 15 is 0 Å². The molecule has 12 heteroatoms. The second-order valence-corrected chi connectivity index (χ2v) is 12.7. The lowest BCUT2D eigenvalue weighted by molar-refractivity contribution is -0.154. The van der Waals surface area contributed by atoms with Gasteiger partial charge in [-0.2, -0.15) is 12.6 Å². The molecule has 0 aromatic heterocycles. The first kappa shape index (κ1) is 31.9. The molecule has 3 aliphatic rings. The highest BCUT2D eigenvalue weighted by atomic mass is 32.2.